The Bertz CT molecular complexity index is 8160. The summed E-state index contributed by atoms with van der Waals surface area (Å²) in [5, 5.41) is 38.1. The van der Waals surface area contributed by atoms with Gasteiger partial charge in [-0.1, -0.05) is 83.4 Å². The summed E-state index contributed by atoms with van der Waals surface area (Å²) in [5.41, 5.74) is 21.8. The number of hydrogen-bond acceptors (Lipinski definition) is 28. The summed E-state index contributed by atoms with van der Waals surface area (Å²) in [4.78, 5) is 73.3. The van der Waals surface area contributed by atoms with E-state index in [4.69, 9.17) is 59.2 Å². The van der Waals surface area contributed by atoms with E-state index in [9.17, 15) is 44.9 Å². The third-order valence-electron chi connectivity index (χ3n) is 22.8. The standard InChI is InChI=1S/C22H17N3O3S.C22H18N2O4S.C15H13N3O2.C15H11N3O.C14H19BO4.C14H11BrN2O2S.CH2O3.H3N2O.3Na.H/c1-15-5-8-18(9-6-15)29(26,27)25-14-20(19-4-3-11-24-22(19)25)16-7-10-21(28-2)17(12-16)13-23;1-15-5-8-18(9-6-15)29(26,27)24-13-20(19-4-3-11-23-22(19)24)16-7-10-21(28-2)17(12-16)14-25;1-20-13-5-4-9(7-11(13)14(16)19)12-8-18-15-10(12)3-2-6-17-15;1-19-14-5-4-10(7-11(14)8-16)13-9-18-15-12(13)3-2-6-17-15;1-13(2)14(3,4)19-15(18-13)11-6-7-12(17-5)10(8-11)9-16;1-10-4-6-11(7-5-10)20(18,19)17-9-13(15)12-3-2-8-16-14(12)17;2-1-4-3;1-2-3;;;;/h3-12,14H,1-2H3;3-14H,1-2H3;2-8H,1H3,(H2,16,19)(H,17,18);2-7,9H,1H3,(H,17,18);6-9H,1-5H3;2-9H,1H3;1,3H;3H,1H2;;;;/q;;;;;;;-1;3*+1;-1/p-1. The average molecular weight is 2120 g/mol. The molecular formula is C103H94BBrN15Na3O20S3. The van der Waals surface area contributed by atoms with E-state index in [1.54, 1.807) is 202 Å². The Balaban J connectivity index is 0.000000213. The van der Waals surface area contributed by atoms with Crippen molar-refractivity contribution in [2.24, 2.45) is 11.6 Å². The number of H-pyrrole nitrogens is 2. The molecular weight excluding hydrogens is 2020 g/mol. The van der Waals surface area contributed by atoms with E-state index in [1.807, 2.05) is 139 Å². The molecule has 0 spiro atoms. The maximum atomic E-state index is 13.3. The Labute approximate surface area is 917 Å². The molecule has 0 radical (unpaired) electrons. The molecule has 0 aliphatic carbocycles. The topological polar surface area (TPSA) is 512 Å². The molecule has 1 aliphatic heterocycles. The number of aryl methyl sites for hydroxylation is 3. The van der Waals surface area contributed by atoms with Gasteiger partial charge in [0.25, 0.3) is 42.4 Å². The van der Waals surface area contributed by atoms with Gasteiger partial charge in [-0.25, -0.2) is 62.1 Å². The first-order valence-electron chi connectivity index (χ1n) is 43.0. The van der Waals surface area contributed by atoms with Gasteiger partial charge in [-0.05, 0) is 250 Å². The number of halogens is 1. The molecule has 0 unspecified atom stereocenters. The number of aldehydes is 2. The average Bonchev–Trinajstić information content (AvgIpc) is 1.59. The maximum Gasteiger partial charge on any atom is 1.00 e. The number of benzene rings is 8. The zero-order valence-corrected chi connectivity index (χ0v) is 91.9. The van der Waals surface area contributed by atoms with Gasteiger partial charge in [-0.3, -0.25) is 19.2 Å². The molecule has 146 heavy (non-hydrogen) atoms. The van der Waals surface area contributed by atoms with Gasteiger partial charge in [-0.2, -0.15) is 10.5 Å². The van der Waals surface area contributed by atoms with Crippen molar-refractivity contribution in [3.05, 3.63) is 341 Å². The number of amides is 1. The van der Waals surface area contributed by atoms with Crippen LogP contribution in [-0.2, 0) is 49.1 Å². The van der Waals surface area contributed by atoms with Gasteiger partial charge in [0.15, 0.2) is 29.5 Å². The number of methoxy groups -OCH3 is 5. The van der Waals surface area contributed by atoms with Crippen LogP contribution in [0.1, 0.15) is 88.0 Å². The zero-order chi connectivity index (χ0) is 103. The minimum absolute atomic E-state index is 0. The smallest absolute Gasteiger partial charge is 1.00 e. The molecule has 0 bridgehead atoms. The molecule has 1 fully saturated rings. The zero-order valence-electron chi connectivity index (χ0n) is 82.8. The van der Waals surface area contributed by atoms with Crippen LogP contribution in [0.5, 0.6) is 28.7 Å². The predicted molar refractivity (Wildman–Crippen MR) is 543 cm³/mol. The number of aromatic nitrogens is 10. The van der Waals surface area contributed by atoms with Crippen LogP contribution >= 0.6 is 15.9 Å². The molecule has 7 N–H and O–H groups in total. The largest absolute Gasteiger partial charge is 1.00 e. The number of nitrogens with one attached hydrogen (secondary N) is 2. The second-order valence-electron chi connectivity index (χ2n) is 32.2. The summed E-state index contributed by atoms with van der Waals surface area (Å²) < 4.78 is 120. The van der Waals surface area contributed by atoms with Gasteiger partial charge >= 0.3 is 95.8 Å². The molecule has 1 saturated heterocycles. The Morgan fingerprint density at radius 1 is 0.466 bits per heavy atom. The molecule has 18 aromatic rings. The quantitative estimate of drug-likeness (QED) is 0.0159. The van der Waals surface area contributed by atoms with Crippen LogP contribution in [0.3, 0.4) is 0 Å². The van der Waals surface area contributed by atoms with Crippen molar-refractivity contribution in [2.75, 3.05) is 35.5 Å². The SMILES string of the molecule is COc1ccc(-c2c[nH]c3ncccc23)cc1C#N.COc1ccc(-c2c[nH]c3ncccc23)cc1C(N)=O.COc1ccc(-c2cn(S(=O)(=O)c3ccc(C)cc3)c3ncccc23)cc1C#N.COc1ccc(-c2cn(S(=O)(=O)c3ccc(C)cc3)c3ncccc23)cc1C=O.COc1ccc(B2OC(C)(C)C(C)(C)O2)cc1C=O.Cc1ccc(S(=O)(=O)n2cc(Br)c3cccnc32)cc1.N[N-]O.O=CO[O-].[H-].[Na+].[Na+].[Na+]. The van der Waals surface area contributed by atoms with Crippen molar-refractivity contribution in [2.45, 2.75) is 74.4 Å². The summed E-state index contributed by atoms with van der Waals surface area (Å²) in [6, 6.07) is 69.5. The second-order valence-corrected chi connectivity index (χ2v) is 38.5. The summed E-state index contributed by atoms with van der Waals surface area (Å²) in [6.45, 7) is 13.5. The van der Waals surface area contributed by atoms with Crippen molar-refractivity contribution < 1.29 is 183 Å². The molecule has 10 aromatic heterocycles. The normalized spacial score (nSPS) is 11.9. The van der Waals surface area contributed by atoms with E-state index in [1.165, 1.54) is 46.6 Å². The van der Waals surface area contributed by atoms with Crippen molar-refractivity contribution in [3.8, 4) is 85.4 Å². The molecule has 19 rings (SSSR count). The molecule has 43 heteroatoms. The second kappa shape index (κ2) is 52.1. The van der Waals surface area contributed by atoms with Gasteiger partial charge in [0, 0.05) is 116 Å². The van der Waals surface area contributed by atoms with Crippen LogP contribution in [0.25, 0.3) is 105 Å². The number of ether oxygens (including phenoxy) is 5. The summed E-state index contributed by atoms with van der Waals surface area (Å²) in [5.74, 6) is 6.05. The van der Waals surface area contributed by atoms with E-state index < -0.39 is 43.1 Å². The molecule has 11 heterocycles. The molecule has 1 aliphatic rings. The van der Waals surface area contributed by atoms with Crippen molar-refractivity contribution in [1.82, 2.24) is 46.8 Å². The van der Waals surface area contributed by atoms with Gasteiger partial charge in [0.05, 0.1) is 89.3 Å². The monoisotopic (exact) mass is 2120 g/mol. The molecule has 0 saturated carbocycles. The molecule has 1 amide bonds. The number of hydrogen-bond donors (Lipinski definition) is 5. The third kappa shape index (κ3) is 26.3. The van der Waals surface area contributed by atoms with Crippen LogP contribution in [0, 0.1) is 43.4 Å². The number of fused-ring (bicyclic) bond motifs is 5. The minimum Gasteiger partial charge on any atom is -1.00 e. The maximum absolute atomic E-state index is 13.3. The van der Waals surface area contributed by atoms with Crippen molar-refractivity contribution >= 4 is 139 Å². The number of rotatable bonds is 20. The number of aromatic amines is 2. The minimum atomic E-state index is -3.84. The summed E-state index contributed by atoms with van der Waals surface area (Å²) >= 11 is 3.37. The fourth-order valence-electron chi connectivity index (χ4n) is 14.9. The first-order valence-corrected chi connectivity index (χ1v) is 48.1. The van der Waals surface area contributed by atoms with Gasteiger partial charge < -0.3 is 76.9 Å². The van der Waals surface area contributed by atoms with E-state index in [2.05, 4.69) is 73.7 Å². The molecule has 35 nitrogen and oxygen atoms in total. The van der Waals surface area contributed by atoms with Crippen LogP contribution < -0.4 is 135 Å². The van der Waals surface area contributed by atoms with Gasteiger partial charge in [0.1, 0.15) is 52.2 Å². The molecule has 732 valence electrons. The number of primary amides is 1. The Hall–Kier alpha value is -13.4. The van der Waals surface area contributed by atoms with Crippen LogP contribution in [-0.4, -0.2) is 156 Å². The molecule has 0 atom stereocenters. The number of pyridine rings is 5. The molecule has 8 aromatic carbocycles. The number of carbonyl (C=O) groups is 4. The number of nitrogens with zero attached hydrogens (tertiary/aromatic N) is 11. The van der Waals surface area contributed by atoms with E-state index in [0.717, 1.165) is 78.1 Å². The Morgan fingerprint density at radius 3 is 1.14 bits per heavy atom. The van der Waals surface area contributed by atoms with E-state index in [-0.39, 0.29) is 122 Å². The van der Waals surface area contributed by atoms with Gasteiger partial charge in [-0.15, -0.1) is 0 Å². The predicted octanol–water partition coefficient (Wildman–Crippen LogP) is 7.98. The number of nitrogens with two attached hydrogens (primary N) is 2. The Morgan fingerprint density at radius 2 is 0.781 bits per heavy atom. The third-order valence-corrected chi connectivity index (χ3v) is 28.5. The summed E-state index contributed by atoms with van der Waals surface area (Å²) in [6.07, 6.45) is 18.0. The number of carbonyl (C=O) groups excluding carboxylic acids is 4. The summed E-state index contributed by atoms with van der Waals surface area (Å²) in [7, 11) is -4.17. The fraction of sp³-hybridized carbons (Fsp3) is 0.136. The first-order chi connectivity index (χ1) is 68.6. The van der Waals surface area contributed by atoms with Gasteiger partial charge in [0.2, 0.25) is 0 Å². The van der Waals surface area contributed by atoms with Crippen molar-refractivity contribution in [1.29, 1.82) is 10.5 Å². The van der Waals surface area contributed by atoms with Crippen molar-refractivity contribution in [3.63, 3.8) is 0 Å². The fourth-order valence-corrected chi connectivity index (χ4v) is 19.5. The van der Waals surface area contributed by atoms with Crippen LogP contribution in [0.15, 0.2) is 306 Å². The Kier molecular flexibility index (Phi) is 41.5. The number of nitriles is 2. The first kappa shape index (κ1) is 116. The van der Waals surface area contributed by atoms with E-state index >= 15 is 0 Å². The van der Waals surface area contributed by atoms with E-state index in [0.29, 0.717) is 117 Å². The van der Waals surface area contributed by atoms with Crippen LogP contribution in [0.2, 0.25) is 0 Å². The van der Waals surface area contributed by atoms with Crippen LogP contribution in [0.4, 0.5) is 0 Å².